The summed E-state index contributed by atoms with van der Waals surface area (Å²) in [6, 6.07) is -1.06. The molecule has 0 aromatic heterocycles. The highest BCUT2D eigenvalue weighted by molar-refractivity contribution is 5.80. The average Bonchev–Trinajstić information content (AvgIpc) is 3.38. The van der Waals surface area contributed by atoms with Gasteiger partial charge in [0.05, 0.1) is 25.4 Å². The van der Waals surface area contributed by atoms with Crippen molar-refractivity contribution in [1.29, 1.82) is 0 Å². The van der Waals surface area contributed by atoms with E-state index >= 15 is 0 Å². The van der Waals surface area contributed by atoms with Crippen molar-refractivity contribution in [3.63, 3.8) is 0 Å². The molecule has 0 bridgehead atoms. The first-order valence-corrected chi connectivity index (χ1v) is 28.5. The van der Waals surface area contributed by atoms with Crippen molar-refractivity contribution in [1.82, 2.24) is 5.32 Å². The maximum absolute atomic E-state index is 13.4. The Labute approximate surface area is 437 Å². The van der Waals surface area contributed by atoms with E-state index in [1.807, 2.05) is 18.2 Å². The van der Waals surface area contributed by atoms with Gasteiger partial charge in [-0.25, -0.2) is 0 Å². The number of aliphatic hydroxyl groups is 5. The number of aliphatic hydroxyl groups excluding tert-OH is 5. The van der Waals surface area contributed by atoms with Gasteiger partial charge in [-0.15, -0.1) is 0 Å². The van der Waals surface area contributed by atoms with Crippen LogP contribution in [0.1, 0.15) is 213 Å². The molecule has 11 nitrogen and oxygen atoms in total. The number of allylic oxidation sites excluding steroid dienone is 15. The van der Waals surface area contributed by atoms with Gasteiger partial charge in [-0.05, 0) is 89.9 Å². The Bertz CT molecular complexity index is 1530. The first kappa shape index (κ1) is 66.6. The molecule has 0 spiro atoms. The molecular weight excluding hydrogens is 907 g/mol. The van der Waals surface area contributed by atoms with E-state index in [4.69, 9.17) is 14.2 Å². The number of carbonyl (C=O) groups excluding carboxylic acids is 2. The van der Waals surface area contributed by atoms with E-state index < -0.39 is 67.4 Å². The molecule has 0 radical (unpaired) electrons. The molecule has 0 aromatic rings. The molecule has 0 aliphatic carbocycles. The van der Waals surface area contributed by atoms with E-state index in [2.05, 4.69) is 99.0 Å². The third kappa shape index (κ3) is 36.5. The topological polar surface area (TPSA) is 175 Å². The minimum absolute atomic E-state index is 0.103. The lowest BCUT2D eigenvalue weighted by Gasteiger charge is -2.41. The van der Waals surface area contributed by atoms with Crippen molar-refractivity contribution in [2.24, 2.45) is 0 Å². The molecule has 1 saturated heterocycles. The smallest absolute Gasteiger partial charge is 0.306 e. The van der Waals surface area contributed by atoms with E-state index in [1.54, 1.807) is 6.08 Å². The molecule has 1 rings (SSSR count). The molecule has 1 heterocycles. The number of nitrogens with one attached hydrogen (secondary N) is 1. The summed E-state index contributed by atoms with van der Waals surface area (Å²) in [6.07, 6.45) is 53.1. The fourth-order valence-electron chi connectivity index (χ4n) is 8.25. The number of hydrogen-bond acceptors (Lipinski definition) is 10. The van der Waals surface area contributed by atoms with Gasteiger partial charge in [0.25, 0.3) is 0 Å². The molecule has 6 N–H and O–H groups in total. The Balaban J connectivity index is 2.80. The van der Waals surface area contributed by atoms with Gasteiger partial charge in [0.2, 0.25) is 5.91 Å². The van der Waals surface area contributed by atoms with Crippen LogP contribution in [0.15, 0.2) is 97.2 Å². The lowest BCUT2D eigenvalue weighted by Crippen LogP contribution is -2.61. The molecule has 72 heavy (non-hydrogen) atoms. The predicted molar refractivity (Wildman–Crippen MR) is 296 cm³/mol. The highest BCUT2D eigenvalue weighted by Crippen LogP contribution is 2.26. The van der Waals surface area contributed by atoms with Gasteiger partial charge in [0, 0.05) is 6.42 Å². The monoisotopic (exact) mass is 1010 g/mol. The fraction of sp³-hybridized carbons (Fsp3) is 0.705. The van der Waals surface area contributed by atoms with Crippen LogP contribution in [0, 0.1) is 0 Å². The summed E-state index contributed by atoms with van der Waals surface area (Å²) in [7, 11) is 0. The van der Waals surface area contributed by atoms with Gasteiger partial charge in [0.15, 0.2) is 12.4 Å². The number of hydrogen-bond donors (Lipinski definition) is 6. The van der Waals surface area contributed by atoms with Gasteiger partial charge in [0.1, 0.15) is 24.4 Å². The molecule has 412 valence electrons. The number of esters is 1. The average molecular weight is 1010 g/mol. The first-order valence-electron chi connectivity index (χ1n) is 28.5. The van der Waals surface area contributed by atoms with Crippen molar-refractivity contribution in [2.45, 2.75) is 262 Å². The van der Waals surface area contributed by atoms with Crippen molar-refractivity contribution in [3.8, 4) is 0 Å². The molecule has 11 heteroatoms. The zero-order valence-electron chi connectivity index (χ0n) is 45.3. The minimum Gasteiger partial charge on any atom is -0.454 e. The highest BCUT2D eigenvalue weighted by Gasteiger charge is 2.47. The zero-order chi connectivity index (χ0) is 52.5. The van der Waals surface area contributed by atoms with Gasteiger partial charge in [-0.1, -0.05) is 214 Å². The van der Waals surface area contributed by atoms with Crippen molar-refractivity contribution < 1.29 is 49.3 Å². The lowest BCUT2D eigenvalue weighted by molar-refractivity contribution is -0.305. The standard InChI is InChI=1S/C61H103NO10/c1-4-7-10-13-16-19-22-25-27-28-30-33-36-39-42-45-48-54(65)60(69)62-52(53(64)47-44-41-38-35-32-29-24-21-18-15-12-9-6-3)51-70-61-59(58(68)57(67)55(50-63)71-61)72-56(66)49-46-43-40-37-34-31-26-23-20-17-14-11-8-5-2/h7-8,10-11,16-17,19-20,25,27,30,33,39,42,44,47,52-55,57-59,61,63-65,67-68H,4-6,9,12-15,18,21-24,26,28-29,31-32,34-38,40-41,43,45-46,48-51H2,1-3H3,(H,62,69)/b10-7-,11-8+,19-16-,20-17+,27-25-,33-30-,42-39-,47-44+. The van der Waals surface area contributed by atoms with E-state index in [1.165, 1.54) is 57.8 Å². The summed E-state index contributed by atoms with van der Waals surface area (Å²) in [6.45, 7) is 5.50. The van der Waals surface area contributed by atoms with Gasteiger partial charge < -0.3 is 45.1 Å². The van der Waals surface area contributed by atoms with Gasteiger partial charge in [-0.3, -0.25) is 9.59 Å². The highest BCUT2D eigenvalue weighted by atomic mass is 16.7. The van der Waals surface area contributed by atoms with E-state index in [-0.39, 0.29) is 19.4 Å². The quantitative estimate of drug-likeness (QED) is 0.0196. The van der Waals surface area contributed by atoms with Crippen LogP contribution in [0.25, 0.3) is 0 Å². The van der Waals surface area contributed by atoms with Crippen LogP contribution < -0.4 is 5.32 Å². The fourth-order valence-corrected chi connectivity index (χ4v) is 8.25. The third-order valence-corrected chi connectivity index (χ3v) is 12.7. The normalized spacial score (nSPS) is 20.2. The summed E-state index contributed by atoms with van der Waals surface area (Å²) >= 11 is 0. The molecule has 0 aromatic carbocycles. The number of ether oxygens (including phenoxy) is 3. The summed E-state index contributed by atoms with van der Waals surface area (Å²) in [5, 5.41) is 56.7. The van der Waals surface area contributed by atoms with Crippen LogP contribution in [0.5, 0.6) is 0 Å². The van der Waals surface area contributed by atoms with E-state index in [0.29, 0.717) is 12.8 Å². The van der Waals surface area contributed by atoms with Gasteiger partial charge in [-0.2, -0.15) is 0 Å². The Morgan fingerprint density at radius 1 is 0.556 bits per heavy atom. The molecule has 8 atom stereocenters. The Morgan fingerprint density at radius 3 is 1.50 bits per heavy atom. The van der Waals surface area contributed by atoms with E-state index in [0.717, 1.165) is 109 Å². The summed E-state index contributed by atoms with van der Waals surface area (Å²) in [4.78, 5) is 26.4. The molecule has 1 aliphatic rings. The second-order valence-electron chi connectivity index (χ2n) is 19.3. The summed E-state index contributed by atoms with van der Waals surface area (Å²) in [5.41, 5.74) is 0. The Morgan fingerprint density at radius 2 is 1.00 bits per heavy atom. The third-order valence-electron chi connectivity index (χ3n) is 12.7. The molecule has 1 amide bonds. The van der Waals surface area contributed by atoms with E-state index in [9.17, 15) is 35.1 Å². The minimum atomic E-state index is -1.63. The zero-order valence-corrected chi connectivity index (χ0v) is 45.3. The van der Waals surface area contributed by atoms with Crippen LogP contribution in [-0.4, -0.2) is 99.6 Å². The summed E-state index contributed by atoms with van der Waals surface area (Å²) < 4.78 is 17.5. The molecule has 1 aliphatic heterocycles. The Kier molecular flexibility index (Phi) is 44.9. The maximum Gasteiger partial charge on any atom is 0.306 e. The van der Waals surface area contributed by atoms with Crippen LogP contribution in [0.4, 0.5) is 0 Å². The van der Waals surface area contributed by atoms with Crippen LogP contribution >= 0.6 is 0 Å². The lowest BCUT2D eigenvalue weighted by atomic mass is 9.99. The molecule has 0 saturated carbocycles. The SMILES string of the molecule is CC/C=C\C/C=C\C/C=C\C/C=C\C/C=C\CCC(O)C(=O)NC(COC1OC(CO)C(O)C(O)C1OC(=O)CCCCCCCCC/C=C/C/C=C/CC)C(O)/C=C/CCCCCCCCCCCCC. The van der Waals surface area contributed by atoms with Crippen molar-refractivity contribution >= 4 is 11.9 Å². The largest absolute Gasteiger partial charge is 0.454 e. The van der Waals surface area contributed by atoms with Crippen molar-refractivity contribution in [2.75, 3.05) is 13.2 Å². The van der Waals surface area contributed by atoms with Crippen LogP contribution in [0.2, 0.25) is 0 Å². The first-order chi connectivity index (χ1) is 35.2. The second-order valence-corrected chi connectivity index (χ2v) is 19.3. The molecule has 1 fully saturated rings. The van der Waals surface area contributed by atoms with Gasteiger partial charge >= 0.3 is 5.97 Å². The van der Waals surface area contributed by atoms with Crippen LogP contribution in [-0.2, 0) is 23.8 Å². The Hall–Kier alpha value is -3.42. The molecule has 8 unspecified atom stereocenters. The maximum atomic E-state index is 13.4. The number of unbranched alkanes of at least 4 members (excludes halogenated alkanes) is 18. The predicted octanol–water partition coefficient (Wildman–Crippen LogP) is 12.8. The number of amides is 1. The van der Waals surface area contributed by atoms with Crippen molar-refractivity contribution in [3.05, 3.63) is 97.2 Å². The number of rotatable bonds is 46. The summed E-state index contributed by atoms with van der Waals surface area (Å²) in [5.74, 6) is -1.27. The van der Waals surface area contributed by atoms with Crippen LogP contribution in [0.3, 0.4) is 0 Å². The second kappa shape index (κ2) is 48.5. The molecular formula is C61H103NO10. The number of carbonyl (C=O) groups is 2.